The van der Waals surface area contributed by atoms with Gasteiger partial charge in [-0.3, -0.25) is 4.57 Å². The molecule has 0 atom stereocenters. The number of thiophene rings is 1. The predicted molar refractivity (Wildman–Crippen MR) is 220 cm³/mol. The van der Waals surface area contributed by atoms with E-state index < -0.39 is 0 Å². The SMILES string of the molecule is c1ccc2c(c1)sc1cc(-n3c4ccccc4c4cc(-n5c6ccccc6c6cc(-n7c8ccccc8c8ccccc87)ccc65)ccc43)ncc12. The topological polar surface area (TPSA) is 27.7 Å². The lowest BCUT2D eigenvalue weighted by Gasteiger charge is -2.11. The van der Waals surface area contributed by atoms with Gasteiger partial charge >= 0.3 is 0 Å². The van der Waals surface area contributed by atoms with E-state index in [9.17, 15) is 0 Å². The number of fused-ring (bicyclic) bond motifs is 12. The van der Waals surface area contributed by atoms with E-state index in [-0.39, 0.29) is 0 Å². The van der Waals surface area contributed by atoms with Gasteiger partial charge in [-0.1, -0.05) is 91.0 Å². The highest BCUT2D eigenvalue weighted by Gasteiger charge is 2.19. The fourth-order valence-corrected chi connectivity index (χ4v) is 9.77. The zero-order chi connectivity index (χ0) is 33.9. The summed E-state index contributed by atoms with van der Waals surface area (Å²) in [6.45, 7) is 0. The number of nitrogens with zero attached hydrogens (tertiary/aromatic N) is 4. The molecule has 0 spiro atoms. The molecule has 0 unspecified atom stereocenters. The molecule has 5 heterocycles. The molecule has 52 heavy (non-hydrogen) atoms. The number of aromatic nitrogens is 4. The fourth-order valence-electron chi connectivity index (χ4n) is 8.66. The molecule has 0 fully saturated rings. The molecule has 4 nitrogen and oxygen atoms in total. The zero-order valence-electron chi connectivity index (χ0n) is 27.9. The van der Waals surface area contributed by atoms with Gasteiger partial charge in [0.25, 0.3) is 0 Å². The van der Waals surface area contributed by atoms with Gasteiger partial charge in [-0.2, -0.15) is 0 Å². The highest BCUT2D eigenvalue weighted by atomic mass is 32.1. The molecular formula is C47H28N4S. The first-order valence-electron chi connectivity index (χ1n) is 17.6. The van der Waals surface area contributed by atoms with Crippen LogP contribution in [-0.4, -0.2) is 18.7 Å². The summed E-state index contributed by atoms with van der Waals surface area (Å²) in [7, 11) is 0. The number of benzene rings is 7. The predicted octanol–water partition coefficient (Wildman–Crippen LogP) is 12.7. The Bertz CT molecular complexity index is 3370. The molecule has 0 N–H and O–H groups in total. The molecule has 242 valence electrons. The second-order valence-corrected chi connectivity index (χ2v) is 14.7. The van der Waals surface area contributed by atoms with Crippen molar-refractivity contribution in [2.45, 2.75) is 0 Å². The maximum atomic E-state index is 5.06. The van der Waals surface area contributed by atoms with Crippen molar-refractivity contribution in [3.63, 3.8) is 0 Å². The van der Waals surface area contributed by atoms with Crippen LogP contribution in [0.25, 0.3) is 103 Å². The maximum absolute atomic E-state index is 5.06. The number of hydrogen-bond donors (Lipinski definition) is 0. The fraction of sp³-hybridized carbons (Fsp3) is 0. The summed E-state index contributed by atoms with van der Waals surface area (Å²) in [5.41, 5.74) is 9.41. The standard InChI is InChI=1S/C47H28N4S/c1-6-16-39-31(11-1)32-12-2-7-17-40(32)49(39)29-21-23-43-36(25-29)33-13-3-8-18-41(33)50(43)30-22-24-44-37(26-30)34-14-4-9-19-42(34)51(44)47-27-46-38(28-48-47)35-15-5-10-20-45(35)52-46/h1-28H. The van der Waals surface area contributed by atoms with Crippen LogP contribution in [0.3, 0.4) is 0 Å². The first-order valence-corrected chi connectivity index (χ1v) is 18.4. The van der Waals surface area contributed by atoms with E-state index in [0.29, 0.717) is 0 Å². The van der Waals surface area contributed by atoms with Gasteiger partial charge in [0.15, 0.2) is 0 Å². The molecule has 0 saturated heterocycles. The van der Waals surface area contributed by atoms with Gasteiger partial charge in [-0.05, 0) is 72.8 Å². The minimum Gasteiger partial charge on any atom is -0.309 e. The van der Waals surface area contributed by atoms with Crippen LogP contribution in [-0.2, 0) is 0 Å². The van der Waals surface area contributed by atoms with Crippen LogP contribution in [0.15, 0.2) is 170 Å². The second-order valence-electron chi connectivity index (χ2n) is 13.6. The second kappa shape index (κ2) is 10.4. The van der Waals surface area contributed by atoms with E-state index in [4.69, 9.17) is 4.98 Å². The van der Waals surface area contributed by atoms with Crippen LogP contribution >= 0.6 is 11.3 Å². The van der Waals surface area contributed by atoms with Crippen molar-refractivity contribution in [1.82, 2.24) is 18.7 Å². The number of hydrogen-bond acceptors (Lipinski definition) is 2. The Kier molecular flexibility index (Phi) is 5.62. The number of rotatable bonds is 3. The molecular weight excluding hydrogens is 653 g/mol. The van der Waals surface area contributed by atoms with E-state index in [1.807, 2.05) is 17.5 Å². The molecule has 0 bridgehead atoms. The molecule has 0 radical (unpaired) electrons. The smallest absolute Gasteiger partial charge is 0.138 e. The van der Waals surface area contributed by atoms with Gasteiger partial charge in [0, 0.05) is 70.1 Å². The minimum atomic E-state index is 0.937. The van der Waals surface area contributed by atoms with Crippen LogP contribution in [0, 0.1) is 0 Å². The lowest BCUT2D eigenvalue weighted by Crippen LogP contribution is -1.98. The Balaban J connectivity index is 1.08. The van der Waals surface area contributed by atoms with Crippen molar-refractivity contribution < 1.29 is 0 Å². The quantitative estimate of drug-likeness (QED) is 0.182. The average molecular weight is 681 g/mol. The van der Waals surface area contributed by atoms with E-state index in [1.54, 1.807) is 0 Å². The average Bonchev–Trinajstić information content (AvgIpc) is 3.93. The molecule has 12 rings (SSSR count). The van der Waals surface area contributed by atoms with Gasteiger partial charge in [0.2, 0.25) is 0 Å². The van der Waals surface area contributed by atoms with Crippen molar-refractivity contribution in [1.29, 1.82) is 0 Å². The summed E-state index contributed by atoms with van der Waals surface area (Å²) < 4.78 is 9.69. The maximum Gasteiger partial charge on any atom is 0.138 e. The summed E-state index contributed by atoms with van der Waals surface area (Å²) in [6.07, 6.45) is 2.05. The first kappa shape index (κ1) is 28.1. The third-order valence-corrected chi connectivity index (χ3v) is 12.0. The van der Waals surface area contributed by atoms with E-state index >= 15 is 0 Å². The molecule has 5 heteroatoms. The summed E-state index contributed by atoms with van der Waals surface area (Å²) in [5, 5.41) is 9.91. The van der Waals surface area contributed by atoms with Gasteiger partial charge in [0.05, 0.1) is 33.1 Å². The van der Waals surface area contributed by atoms with Gasteiger partial charge in [-0.25, -0.2) is 4.98 Å². The van der Waals surface area contributed by atoms with Crippen molar-refractivity contribution in [2.24, 2.45) is 0 Å². The molecule has 7 aromatic carbocycles. The minimum absolute atomic E-state index is 0.937. The normalized spacial score (nSPS) is 12.2. The van der Waals surface area contributed by atoms with Crippen molar-refractivity contribution in [2.75, 3.05) is 0 Å². The molecule has 0 aliphatic heterocycles. The third kappa shape index (κ3) is 3.78. The largest absolute Gasteiger partial charge is 0.309 e. The Labute approximate surface area is 301 Å². The highest BCUT2D eigenvalue weighted by Crippen LogP contribution is 2.40. The highest BCUT2D eigenvalue weighted by molar-refractivity contribution is 7.25. The summed E-state index contributed by atoms with van der Waals surface area (Å²) in [6, 6.07) is 59.6. The van der Waals surface area contributed by atoms with E-state index in [2.05, 4.69) is 177 Å². The zero-order valence-corrected chi connectivity index (χ0v) is 28.7. The van der Waals surface area contributed by atoms with Gasteiger partial charge in [-0.15, -0.1) is 11.3 Å². The lowest BCUT2D eigenvalue weighted by molar-refractivity contribution is 1.09. The van der Waals surface area contributed by atoms with E-state index in [0.717, 1.165) is 28.2 Å². The third-order valence-electron chi connectivity index (χ3n) is 10.9. The molecule has 0 amide bonds. The molecule has 5 aromatic heterocycles. The van der Waals surface area contributed by atoms with Crippen LogP contribution < -0.4 is 0 Å². The molecule has 0 aliphatic carbocycles. The molecule has 0 saturated carbocycles. The lowest BCUT2D eigenvalue weighted by atomic mass is 10.1. The van der Waals surface area contributed by atoms with Crippen LogP contribution in [0.4, 0.5) is 0 Å². The van der Waals surface area contributed by atoms with Crippen LogP contribution in [0.2, 0.25) is 0 Å². The van der Waals surface area contributed by atoms with Crippen LogP contribution in [0.1, 0.15) is 0 Å². The molecule has 0 aliphatic rings. The van der Waals surface area contributed by atoms with Crippen molar-refractivity contribution in [3.8, 4) is 17.2 Å². The van der Waals surface area contributed by atoms with Gasteiger partial charge < -0.3 is 9.13 Å². The summed E-state index contributed by atoms with van der Waals surface area (Å²) in [4.78, 5) is 5.06. The Morgan fingerprint density at radius 1 is 0.327 bits per heavy atom. The summed E-state index contributed by atoms with van der Waals surface area (Å²) in [5.74, 6) is 0.937. The van der Waals surface area contributed by atoms with Crippen LogP contribution in [0.5, 0.6) is 0 Å². The first-order chi connectivity index (χ1) is 25.8. The van der Waals surface area contributed by atoms with Gasteiger partial charge in [0.1, 0.15) is 5.82 Å². The Morgan fingerprint density at radius 3 is 1.31 bits per heavy atom. The van der Waals surface area contributed by atoms with E-state index in [1.165, 1.54) is 74.6 Å². The monoisotopic (exact) mass is 680 g/mol. The Hall–Kier alpha value is -6.69. The number of para-hydroxylation sites is 4. The van der Waals surface area contributed by atoms with Crippen molar-refractivity contribution in [3.05, 3.63) is 170 Å². The van der Waals surface area contributed by atoms with Crippen molar-refractivity contribution >= 4 is 96.9 Å². The summed E-state index contributed by atoms with van der Waals surface area (Å²) >= 11 is 1.83. The number of pyridine rings is 1. The molecule has 12 aromatic rings. The Morgan fingerprint density at radius 2 is 0.750 bits per heavy atom.